The number of fused-ring (bicyclic) bond motifs is 1. The van der Waals surface area contributed by atoms with Crippen LogP contribution in [0, 0.1) is 23.2 Å². The van der Waals surface area contributed by atoms with E-state index >= 15 is 0 Å². The molecule has 1 saturated heterocycles. The number of benzene rings is 1. The lowest BCUT2D eigenvalue weighted by Gasteiger charge is -2.46. The van der Waals surface area contributed by atoms with Crippen molar-refractivity contribution < 1.29 is 24.5 Å². The minimum Gasteiger partial charge on any atom is -0.390 e. The summed E-state index contributed by atoms with van der Waals surface area (Å²) in [6.45, 7) is 5.89. The van der Waals surface area contributed by atoms with E-state index in [0.29, 0.717) is 19.3 Å². The van der Waals surface area contributed by atoms with E-state index in [4.69, 9.17) is 4.74 Å². The van der Waals surface area contributed by atoms with Gasteiger partial charge in [-0.05, 0) is 56.2 Å². The molecule has 7 heteroatoms. The van der Waals surface area contributed by atoms with Crippen LogP contribution in [-0.4, -0.2) is 58.4 Å². The number of carbonyl (C=O) groups excluding carboxylic acids is 2. The van der Waals surface area contributed by atoms with Gasteiger partial charge in [0.15, 0.2) is 5.78 Å². The third kappa shape index (κ3) is 4.08. The lowest BCUT2D eigenvalue weighted by atomic mass is 9.54. The number of rotatable bonds is 3. The Morgan fingerprint density at radius 1 is 1.14 bits per heavy atom. The summed E-state index contributed by atoms with van der Waals surface area (Å²) in [4.78, 5) is 31.7. The minimum atomic E-state index is -1.47. The van der Waals surface area contributed by atoms with Gasteiger partial charge in [0.1, 0.15) is 5.41 Å². The van der Waals surface area contributed by atoms with E-state index in [1.165, 1.54) is 7.11 Å². The average molecular weight is 507 g/mol. The van der Waals surface area contributed by atoms with Crippen LogP contribution >= 0.6 is 0 Å². The van der Waals surface area contributed by atoms with Crippen molar-refractivity contribution >= 4 is 22.6 Å². The van der Waals surface area contributed by atoms with Crippen molar-refractivity contribution in [2.45, 2.75) is 70.8 Å². The zero-order valence-corrected chi connectivity index (χ0v) is 22.0. The molecule has 8 atom stereocenters. The zero-order chi connectivity index (χ0) is 26.5. The summed E-state index contributed by atoms with van der Waals surface area (Å²) >= 11 is 0. The highest BCUT2D eigenvalue weighted by atomic mass is 16.5. The molecular formula is C30H38N2O5. The molecule has 1 fully saturated rings. The molecule has 1 aromatic carbocycles. The fourth-order valence-corrected chi connectivity index (χ4v) is 7.12. The van der Waals surface area contributed by atoms with E-state index in [0.717, 1.165) is 27.6 Å². The number of aromatic nitrogens is 1. The van der Waals surface area contributed by atoms with Crippen LogP contribution < -0.4 is 5.32 Å². The minimum absolute atomic E-state index is 0.0858. The number of aliphatic hydroxyl groups excluding tert-OH is 2. The summed E-state index contributed by atoms with van der Waals surface area (Å²) in [5.41, 5.74) is 2.32. The van der Waals surface area contributed by atoms with Crippen molar-refractivity contribution in [2.24, 2.45) is 23.2 Å². The Bertz CT molecular complexity index is 1260. The highest BCUT2D eigenvalue weighted by Crippen LogP contribution is 2.55. The van der Waals surface area contributed by atoms with E-state index in [1.54, 1.807) is 0 Å². The highest BCUT2D eigenvalue weighted by Gasteiger charge is 2.66. The smallest absolute Gasteiger partial charge is 0.235 e. The van der Waals surface area contributed by atoms with Crippen molar-refractivity contribution in [2.75, 3.05) is 7.11 Å². The predicted octanol–water partition coefficient (Wildman–Crippen LogP) is 3.46. The first-order chi connectivity index (χ1) is 17.7. The van der Waals surface area contributed by atoms with Crippen molar-refractivity contribution in [1.82, 2.24) is 10.3 Å². The lowest BCUT2D eigenvalue weighted by Crippen LogP contribution is -2.56. The number of aromatic amines is 1. The second kappa shape index (κ2) is 9.86. The normalized spacial score (nSPS) is 36.8. The van der Waals surface area contributed by atoms with E-state index in [-0.39, 0.29) is 30.1 Å². The number of allylic oxidation sites excluding steroid dienone is 1. The molecule has 1 aromatic heterocycles. The number of hydrogen-bond donors (Lipinski definition) is 4. The Labute approximate surface area is 218 Å². The number of hydrogen-bond acceptors (Lipinski definition) is 5. The SMILES string of the molecule is COC1CC(=O)C23C(=O)NC(Cc4c[nH]c5ccccc45)C2C(C)=C(C)C(O)C3C=CCC(C)CC1O. The van der Waals surface area contributed by atoms with Crippen molar-refractivity contribution in [3.8, 4) is 0 Å². The zero-order valence-electron chi connectivity index (χ0n) is 22.0. The predicted molar refractivity (Wildman–Crippen MR) is 142 cm³/mol. The first-order valence-electron chi connectivity index (χ1n) is 13.3. The number of Topliss-reactive ketones (excluding diaryl/α,β-unsaturated/α-hetero) is 1. The number of ketones is 1. The van der Waals surface area contributed by atoms with Gasteiger partial charge in [-0.25, -0.2) is 0 Å². The molecule has 5 rings (SSSR count). The summed E-state index contributed by atoms with van der Waals surface area (Å²) in [5.74, 6) is -1.58. The molecule has 2 heterocycles. The van der Waals surface area contributed by atoms with E-state index in [1.807, 2.05) is 57.3 Å². The van der Waals surface area contributed by atoms with Gasteiger partial charge in [-0.1, -0.05) is 42.8 Å². The molecule has 1 aliphatic heterocycles. The van der Waals surface area contributed by atoms with Crippen molar-refractivity contribution in [3.05, 3.63) is 59.3 Å². The average Bonchev–Trinajstić information content (AvgIpc) is 3.41. The number of methoxy groups -OCH3 is 1. The van der Waals surface area contributed by atoms with Crippen LogP contribution in [0.2, 0.25) is 0 Å². The van der Waals surface area contributed by atoms with Crippen LogP contribution in [0.25, 0.3) is 10.9 Å². The van der Waals surface area contributed by atoms with Gasteiger partial charge < -0.3 is 25.3 Å². The molecule has 8 unspecified atom stereocenters. The first kappa shape index (κ1) is 25.9. The maximum Gasteiger partial charge on any atom is 0.235 e. The van der Waals surface area contributed by atoms with Crippen LogP contribution in [0.1, 0.15) is 45.6 Å². The third-order valence-electron chi connectivity index (χ3n) is 9.20. The molecule has 37 heavy (non-hydrogen) atoms. The molecule has 2 aliphatic carbocycles. The summed E-state index contributed by atoms with van der Waals surface area (Å²) in [6.07, 6.45) is 4.98. The number of ether oxygens (including phenoxy) is 1. The maximum absolute atomic E-state index is 14.3. The highest BCUT2D eigenvalue weighted by molar-refractivity contribution is 6.10. The molecule has 2 aromatic rings. The Morgan fingerprint density at radius 3 is 2.65 bits per heavy atom. The Hall–Kier alpha value is -2.74. The van der Waals surface area contributed by atoms with Gasteiger partial charge in [0, 0.05) is 48.5 Å². The van der Waals surface area contributed by atoms with Gasteiger partial charge in [0.2, 0.25) is 5.91 Å². The summed E-state index contributed by atoms with van der Waals surface area (Å²) in [6, 6.07) is 7.73. The fraction of sp³-hybridized carbons (Fsp3) is 0.533. The van der Waals surface area contributed by atoms with Gasteiger partial charge in [0.25, 0.3) is 0 Å². The molecular weight excluding hydrogens is 468 g/mol. The van der Waals surface area contributed by atoms with Crippen LogP contribution in [0.5, 0.6) is 0 Å². The van der Waals surface area contributed by atoms with Crippen molar-refractivity contribution in [3.63, 3.8) is 0 Å². The monoisotopic (exact) mass is 506 g/mol. The fourth-order valence-electron chi connectivity index (χ4n) is 7.12. The third-order valence-corrected chi connectivity index (χ3v) is 9.20. The molecule has 1 amide bonds. The van der Waals surface area contributed by atoms with E-state index < -0.39 is 35.6 Å². The molecule has 3 aliphatic rings. The van der Waals surface area contributed by atoms with Gasteiger partial charge in [0.05, 0.1) is 18.3 Å². The molecule has 0 saturated carbocycles. The number of nitrogens with one attached hydrogen (secondary N) is 2. The summed E-state index contributed by atoms with van der Waals surface area (Å²) in [5, 5.41) is 26.6. The van der Waals surface area contributed by atoms with E-state index in [9.17, 15) is 19.8 Å². The first-order valence-corrected chi connectivity index (χ1v) is 13.3. The van der Waals surface area contributed by atoms with Gasteiger partial charge in [-0.2, -0.15) is 0 Å². The van der Waals surface area contributed by atoms with Crippen LogP contribution in [0.3, 0.4) is 0 Å². The molecule has 7 nitrogen and oxygen atoms in total. The summed E-state index contributed by atoms with van der Waals surface area (Å²) in [7, 11) is 1.50. The summed E-state index contributed by atoms with van der Waals surface area (Å²) < 4.78 is 5.59. The lowest BCUT2D eigenvalue weighted by molar-refractivity contribution is -0.150. The van der Waals surface area contributed by atoms with Gasteiger partial charge in [-0.3, -0.25) is 9.59 Å². The molecule has 0 bridgehead atoms. The molecule has 4 N–H and O–H groups in total. The largest absolute Gasteiger partial charge is 0.390 e. The topological polar surface area (TPSA) is 112 Å². The van der Waals surface area contributed by atoms with Crippen molar-refractivity contribution in [1.29, 1.82) is 0 Å². The number of aliphatic hydroxyl groups is 2. The Balaban J connectivity index is 1.64. The van der Waals surface area contributed by atoms with Crippen LogP contribution in [0.4, 0.5) is 0 Å². The molecule has 0 radical (unpaired) electrons. The standard InChI is InChI=1S/C30H38N2O5/c1-16-8-7-10-21-28(35)18(3)17(2)27-23(13-19-15-31-22-11-6-5-9-20(19)22)32-29(36)30(21,27)26(34)14-25(37-4)24(33)12-16/h5-7,9-11,15-16,21,23-25,27-28,31,33,35H,8,12-14H2,1-4H3,(H,32,36). The number of amides is 1. The quantitative estimate of drug-likeness (QED) is 0.376. The Kier molecular flexibility index (Phi) is 6.90. The van der Waals surface area contributed by atoms with Crippen LogP contribution in [0.15, 0.2) is 53.8 Å². The number of carbonyl (C=O) groups is 2. The van der Waals surface area contributed by atoms with Gasteiger partial charge in [-0.15, -0.1) is 0 Å². The van der Waals surface area contributed by atoms with Gasteiger partial charge >= 0.3 is 0 Å². The Morgan fingerprint density at radius 2 is 1.89 bits per heavy atom. The molecule has 1 spiro atoms. The second-order valence-electron chi connectivity index (χ2n) is 11.3. The maximum atomic E-state index is 14.3. The number of H-pyrrole nitrogens is 1. The molecule has 198 valence electrons. The van der Waals surface area contributed by atoms with E-state index in [2.05, 4.69) is 16.4 Å². The number of para-hydroxylation sites is 1. The second-order valence-corrected chi connectivity index (χ2v) is 11.3. The van der Waals surface area contributed by atoms with Crippen LogP contribution in [-0.2, 0) is 20.7 Å².